The maximum absolute atomic E-state index is 12.5. The maximum Gasteiger partial charge on any atom is 0.343 e. The lowest BCUT2D eigenvalue weighted by atomic mass is 9.91. The number of ether oxygens (including phenoxy) is 4. The first kappa shape index (κ1) is 24.6. The van der Waals surface area contributed by atoms with Crippen LogP contribution in [0.1, 0.15) is 47.5 Å². The number of carbonyl (C=O) groups excluding carboxylic acids is 3. The van der Waals surface area contributed by atoms with E-state index >= 15 is 0 Å². The molecule has 0 aliphatic carbocycles. The molecule has 9 heteroatoms. The highest BCUT2D eigenvalue weighted by Gasteiger charge is 2.50. The zero-order valence-electron chi connectivity index (χ0n) is 16.1. The summed E-state index contributed by atoms with van der Waals surface area (Å²) in [5.74, 6) is -2.18. The van der Waals surface area contributed by atoms with Gasteiger partial charge < -0.3 is 24.3 Å². The minimum absolute atomic E-state index is 0.0520. The molecule has 1 unspecified atom stereocenters. The van der Waals surface area contributed by atoms with E-state index in [0.29, 0.717) is 6.61 Å². The molecule has 1 N–H and O–H groups in total. The predicted octanol–water partition coefficient (Wildman–Crippen LogP) is 1.77. The summed E-state index contributed by atoms with van der Waals surface area (Å²) in [5, 5.41) is 2.40. The highest BCUT2D eigenvalue weighted by Crippen LogP contribution is 2.22. The Bertz CT molecular complexity index is 440. The number of carbonyl (C=O) groups is 3. The third-order valence-electron chi connectivity index (χ3n) is 3.44. The summed E-state index contributed by atoms with van der Waals surface area (Å²) in [6, 6.07) is 0. The summed E-state index contributed by atoms with van der Waals surface area (Å²) in [7, 11) is 0. The average molecular weight is 396 g/mol. The van der Waals surface area contributed by atoms with Crippen LogP contribution in [0, 0.1) is 0 Å². The van der Waals surface area contributed by atoms with E-state index in [1.807, 2.05) is 6.92 Å². The zero-order valence-corrected chi connectivity index (χ0v) is 16.9. The molecular formula is C17H30ClNO7. The molecule has 0 aromatic heterocycles. The highest BCUT2D eigenvalue weighted by atomic mass is 35.5. The van der Waals surface area contributed by atoms with Crippen LogP contribution in [-0.2, 0) is 33.3 Å². The maximum atomic E-state index is 12.5. The Balaban J connectivity index is 5.43. The number of alkyl halides is 1. The Hall–Kier alpha value is -1.38. The molecule has 0 heterocycles. The van der Waals surface area contributed by atoms with Crippen LogP contribution in [0.5, 0.6) is 0 Å². The number of esters is 2. The standard InChI is InChI=1S/C17H30ClNO7/c1-6-23-13(5)26-14(11-18)9-10-17(19-12(4)20,15(21)24-7-2)16(22)25-8-3/h13-14H,6-11H2,1-5H3,(H,19,20)/t13?,14-/m0/s1. The third kappa shape index (κ3) is 7.88. The Morgan fingerprint density at radius 2 is 1.58 bits per heavy atom. The van der Waals surface area contributed by atoms with Crippen LogP contribution < -0.4 is 5.32 Å². The van der Waals surface area contributed by atoms with Gasteiger partial charge in [-0.15, -0.1) is 11.6 Å². The molecule has 1 amide bonds. The van der Waals surface area contributed by atoms with Gasteiger partial charge >= 0.3 is 11.9 Å². The van der Waals surface area contributed by atoms with E-state index in [9.17, 15) is 14.4 Å². The van der Waals surface area contributed by atoms with Crippen molar-refractivity contribution in [3.63, 3.8) is 0 Å². The molecule has 0 aliphatic rings. The number of halogens is 1. The second-order valence-corrected chi connectivity index (χ2v) is 5.81. The fourth-order valence-electron chi connectivity index (χ4n) is 2.37. The van der Waals surface area contributed by atoms with Crippen molar-refractivity contribution in [3.8, 4) is 0 Å². The van der Waals surface area contributed by atoms with E-state index in [0.717, 1.165) is 0 Å². The number of hydrogen-bond donors (Lipinski definition) is 1. The van der Waals surface area contributed by atoms with Crippen molar-refractivity contribution >= 4 is 29.4 Å². The SMILES string of the molecule is CCOC(=O)C(CC[C@@H](CCl)OC(C)OCC)(NC(C)=O)C(=O)OCC. The largest absolute Gasteiger partial charge is 0.464 e. The molecule has 152 valence electrons. The van der Waals surface area contributed by atoms with Crippen LogP contribution in [-0.4, -0.2) is 61.5 Å². The van der Waals surface area contributed by atoms with Gasteiger partial charge in [0, 0.05) is 19.4 Å². The van der Waals surface area contributed by atoms with Gasteiger partial charge in [-0.05, 0) is 40.5 Å². The van der Waals surface area contributed by atoms with Crippen molar-refractivity contribution in [1.82, 2.24) is 5.32 Å². The Morgan fingerprint density at radius 3 is 1.96 bits per heavy atom. The van der Waals surface area contributed by atoms with E-state index in [4.69, 9.17) is 30.5 Å². The van der Waals surface area contributed by atoms with Crippen molar-refractivity contribution in [1.29, 1.82) is 0 Å². The van der Waals surface area contributed by atoms with Crippen LogP contribution in [0.15, 0.2) is 0 Å². The first-order chi connectivity index (χ1) is 12.3. The van der Waals surface area contributed by atoms with Gasteiger partial charge in [0.2, 0.25) is 11.4 Å². The van der Waals surface area contributed by atoms with Crippen LogP contribution in [0.25, 0.3) is 0 Å². The predicted molar refractivity (Wildman–Crippen MR) is 95.7 cm³/mol. The summed E-state index contributed by atoms with van der Waals surface area (Å²) in [6.45, 7) is 8.55. The summed E-state index contributed by atoms with van der Waals surface area (Å²) < 4.78 is 21.0. The minimum atomic E-state index is -1.94. The van der Waals surface area contributed by atoms with Gasteiger partial charge in [0.25, 0.3) is 0 Å². The quantitative estimate of drug-likeness (QED) is 0.219. The monoisotopic (exact) mass is 395 g/mol. The normalized spacial score (nSPS) is 13.6. The Morgan fingerprint density at radius 1 is 1.04 bits per heavy atom. The molecule has 2 atom stereocenters. The molecule has 0 rings (SSSR count). The van der Waals surface area contributed by atoms with E-state index in [1.165, 1.54) is 6.92 Å². The van der Waals surface area contributed by atoms with Crippen LogP contribution in [0.2, 0.25) is 0 Å². The lowest BCUT2D eigenvalue weighted by Gasteiger charge is -2.31. The Labute approximate surface area is 159 Å². The van der Waals surface area contributed by atoms with Gasteiger partial charge in [0.15, 0.2) is 6.29 Å². The molecule has 0 saturated heterocycles. The summed E-state index contributed by atoms with van der Waals surface area (Å²) in [4.78, 5) is 36.7. The molecule has 0 aromatic carbocycles. The van der Waals surface area contributed by atoms with Gasteiger partial charge in [-0.1, -0.05) is 0 Å². The molecule has 0 saturated carbocycles. The molecule has 0 aromatic rings. The minimum Gasteiger partial charge on any atom is -0.464 e. The number of amides is 1. The van der Waals surface area contributed by atoms with Gasteiger partial charge in [-0.3, -0.25) is 4.79 Å². The summed E-state index contributed by atoms with van der Waals surface area (Å²) in [5.41, 5.74) is -1.94. The molecule has 0 radical (unpaired) electrons. The van der Waals surface area contributed by atoms with Crippen molar-refractivity contribution in [2.75, 3.05) is 25.7 Å². The second-order valence-electron chi connectivity index (χ2n) is 5.50. The zero-order chi connectivity index (χ0) is 20.2. The van der Waals surface area contributed by atoms with Crippen LogP contribution in [0.3, 0.4) is 0 Å². The van der Waals surface area contributed by atoms with Gasteiger partial charge in [-0.2, -0.15) is 0 Å². The van der Waals surface area contributed by atoms with Crippen LogP contribution in [0.4, 0.5) is 0 Å². The van der Waals surface area contributed by atoms with Crippen molar-refractivity contribution in [2.24, 2.45) is 0 Å². The lowest BCUT2D eigenvalue weighted by Crippen LogP contribution is -2.61. The van der Waals surface area contributed by atoms with Gasteiger partial charge in [-0.25, -0.2) is 9.59 Å². The molecule has 0 fully saturated rings. The molecule has 0 aliphatic heterocycles. The van der Waals surface area contributed by atoms with Crippen molar-refractivity contribution in [3.05, 3.63) is 0 Å². The van der Waals surface area contributed by atoms with Crippen molar-refractivity contribution in [2.45, 2.75) is 65.4 Å². The van der Waals surface area contributed by atoms with E-state index < -0.39 is 35.8 Å². The molecular weight excluding hydrogens is 366 g/mol. The molecule has 26 heavy (non-hydrogen) atoms. The topological polar surface area (TPSA) is 100 Å². The van der Waals surface area contributed by atoms with E-state index in [2.05, 4.69) is 5.32 Å². The average Bonchev–Trinajstić information content (AvgIpc) is 2.57. The smallest absolute Gasteiger partial charge is 0.343 e. The fourth-order valence-corrected chi connectivity index (χ4v) is 2.59. The highest BCUT2D eigenvalue weighted by molar-refractivity contribution is 6.18. The van der Waals surface area contributed by atoms with Gasteiger partial charge in [0.05, 0.1) is 19.3 Å². The summed E-state index contributed by atoms with van der Waals surface area (Å²) >= 11 is 5.93. The van der Waals surface area contributed by atoms with E-state index in [1.54, 1.807) is 20.8 Å². The van der Waals surface area contributed by atoms with Crippen molar-refractivity contribution < 1.29 is 33.3 Å². The molecule has 8 nitrogen and oxygen atoms in total. The number of hydrogen-bond acceptors (Lipinski definition) is 7. The summed E-state index contributed by atoms with van der Waals surface area (Å²) in [6.07, 6.45) is -0.862. The first-order valence-electron chi connectivity index (χ1n) is 8.73. The Kier molecular flexibility index (Phi) is 12.2. The number of rotatable bonds is 13. The lowest BCUT2D eigenvalue weighted by molar-refractivity contribution is -0.171. The van der Waals surface area contributed by atoms with Gasteiger partial charge in [0.1, 0.15) is 0 Å². The van der Waals surface area contributed by atoms with E-state index in [-0.39, 0.29) is 31.9 Å². The second kappa shape index (κ2) is 12.9. The first-order valence-corrected chi connectivity index (χ1v) is 9.26. The molecule has 0 spiro atoms. The third-order valence-corrected chi connectivity index (χ3v) is 3.78. The number of nitrogens with one attached hydrogen (secondary N) is 1. The molecule has 0 bridgehead atoms. The van der Waals surface area contributed by atoms with Crippen LogP contribution >= 0.6 is 11.6 Å². The fraction of sp³-hybridized carbons (Fsp3) is 0.824.